The summed E-state index contributed by atoms with van der Waals surface area (Å²) < 4.78 is 24.7. The average molecular weight is 424 g/mol. The number of halogens is 1. The first-order chi connectivity index (χ1) is 14.3. The molecule has 2 aliphatic heterocycles. The minimum atomic E-state index is -0.854. The molecule has 2 fully saturated rings. The Kier molecular flexibility index (Phi) is 6.73. The first kappa shape index (κ1) is 21.8. The van der Waals surface area contributed by atoms with Gasteiger partial charge in [-0.2, -0.15) is 0 Å². The molecule has 10 nitrogen and oxygen atoms in total. The number of β-amino-alcohol motifs (C(OH)–C–C–N with tert-alkyl or cyclic N) is 1. The SMILES string of the molecule is COCC(=O)NC1CN(c2ccc(N3CC(CNC(C)=O)OC3=O)cc2F)CC1O. The third-order valence-electron chi connectivity index (χ3n) is 4.95. The quantitative estimate of drug-likeness (QED) is 0.545. The molecule has 0 bridgehead atoms. The van der Waals surface area contributed by atoms with Crippen LogP contribution in [0.3, 0.4) is 0 Å². The Labute approximate surface area is 172 Å². The molecule has 3 amide bonds. The molecule has 3 unspecified atom stereocenters. The summed E-state index contributed by atoms with van der Waals surface area (Å²) in [6.07, 6.45) is -1.99. The van der Waals surface area contributed by atoms with Gasteiger partial charge in [0.1, 0.15) is 18.5 Å². The van der Waals surface area contributed by atoms with E-state index in [4.69, 9.17) is 9.47 Å². The normalized spacial score (nSPS) is 23.5. The Balaban J connectivity index is 1.65. The predicted molar refractivity (Wildman–Crippen MR) is 105 cm³/mol. The van der Waals surface area contributed by atoms with E-state index in [1.165, 1.54) is 31.1 Å². The summed E-state index contributed by atoms with van der Waals surface area (Å²) in [7, 11) is 1.39. The molecule has 11 heteroatoms. The van der Waals surface area contributed by atoms with E-state index >= 15 is 0 Å². The van der Waals surface area contributed by atoms with Crippen molar-refractivity contribution in [2.45, 2.75) is 25.2 Å². The number of carbonyl (C=O) groups is 3. The van der Waals surface area contributed by atoms with Crippen LogP contribution in [0.4, 0.5) is 20.6 Å². The maximum absolute atomic E-state index is 14.8. The minimum Gasteiger partial charge on any atom is -0.442 e. The van der Waals surface area contributed by atoms with Gasteiger partial charge in [-0.15, -0.1) is 0 Å². The molecule has 164 valence electrons. The molecule has 1 aromatic rings. The topological polar surface area (TPSA) is 120 Å². The lowest BCUT2D eigenvalue weighted by molar-refractivity contribution is -0.126. The number of nitrogens with one attached hydrogen (secondary N) is 2. The molecule has 2 aliphatic rings. The summed E-state index contributed by atoms with van der Waals surface area (Å²) in [4.78, 5) is 37.7. The van der Waals surface area contributed by atoms with Crippen LogP contribution < -0.4 is 20.4 Å². The molecule has 3 N–H and O–H groups in total. The Morgan fingerprint density at radius 3 is 2.77 bits per heavy atom. The minimum absolute atomic E-state index is 0.124. The highest BCUT2D eigenvalue weighted by atomic mass is 19.1. The molecule has 2 saturated heterocycles. The highest BCUT2D eigenvalue weighted by Crippen LogP contribution is 2.29. The zero-order valence-corrected chi connectivity index (χ0v) is 16.8. The first-order valence-electron chi connectivity index (χ1n) is 9.52. The van der Waals surface area contributed by atoms with Gasteiger partial charge in [0, 0.05) is 27.1 Å². The monoisotopic (exact) mass is 424 g/mol. The molecule has 2 heterocycles. The van der Waals surface area contributed by atoms with Crippen molar-refractivity contribution in [3.05, 3.63) is 24.0 Å². The number of aliphatic hydroxyl groups excluding tert-OH is 1. The van der Waals surface area contributed by atoms with Crippen molar-refractivity contribution in [3.63, 3.8) is 0 Å². The maximum atomic E-state index is 14.8. The third kappa shape index (κ3) is 4.97. The number of hydrogen-bond donors (Lipinski definition) is 3. The first-order valence-corrected chi connectivity index (χ1v) is 9.52. The number of rotatable bonds is 7. The molecule has 0 radical (unpaired) electrons. The molecule has 0 aromatic heterocycles. The van der Waals surface area contributed by atoms with Gasteiger partial charge in [0.2, 0.25) is 11.8 Å². The number of benzene rings is 1. The van der Waals surface area contributed by atoms with E-state index < -0.39 is 30.2 Å². The van der Waals surface area contributed by atoms with E-state index in [2.05, 4.69) is 10.6 Å². The summed E-state index contributed by atoms with van der Waals surface area (Å²) in [5.41, 5.74) is 0.583. The van der Waals surface area contributed by atoms with Crippen LogP contribution in [0.5, 0.6) is 0 Å². The number of methoxy groups -OCH3 is 1. The maximum Gasteiger partial charge on any atom is 0.414 e. The van der Waals surface area contributed by atoms with Crippen molar-refractivity contribution in [1.29, 1.82) is 0 Å². The summed E-state index contributed by atoms with van der Waals surface area (Å²) in [6.45, 7) is 2.00. The van der Waals surface area contributed by atoms with Crippen molar-refractivity contribution in [3.8, 4) is 0 Å². The Morgan fingerprint density at radius 1 is 1.33 bits per heavy atom. The third-order valence-corrected chi connectivity index (χ3v) is 4.95. The van der Waals surface area contributed by atoms with Gasteiger partial charge in [-0.05, 0) is 18.2 Å². The molecule has 3 atom stereocenters. The van der Waals surface area contributed by atoms with Crippen molar-refractivity contribution >= 4 is 29.3 Å². The van der Waals surface area contributed by atoms with Gasteiger partial charge in [0.15, 0.2) is 0 Å². The number of anilines is 2. The molecule has 0 aliphatic carbocycles. The summed E-state index contributed by atoms with van der Waals surface area (Å²) in [5, 5.41) is 15.4. The van der Waals surface area contributed by atoms with Gasteiger partial charge in [-0.25, -0.2) is 9.18 Å². The molecule has 1 aromatic carbocycles. The second kappa shape index (κ2) is 9.26. The van der Waals surface area contributed by atoms with Crippen LogP contribution in [-0.4, -0.2) is 81.2 Å². The number of cyclic esters (lactones) is 1. The van der Waals surface area contributed by atoms with Gasteiger partial charge in [0.05, 0.1) is 36.6 Å². The number of amides is 3. The molecule has 3 rings (SSSR count). The molecule has 30 heavy (non-hydrogen) atoms. The smallest absolute Gasteiger partial charge is 0.414 e. The standard InChI is InChI=1S/C19H25FN4O6/c1-11(25)21-6-13-7-24(19(28)30-13)12-3-4-16(14(20)5-12)23-8-15(17(26)9-23)22-18(27)10-29-2/h3-5,13,15,17,26H,6-10H2,1-2H3,(H,21,25)(H,22,27). The fourth-order valence-electron chi connectivity index (χ4n) is 3.52. The van der Waals surface area contributed by atoms with Crippen molar-refractivity contribution < 1.29 is 33.4 Å². The van der Waals surface area contributed by atoms with Gasteiger partial charge in [-0.1, -0.05) is 0 Å². The summed E-state index contributed by atoms with van der Waals surface area (Å²) in [6, 6.07) is 3.78. The van der Waals surface area contributed by atoms with Crippen LogP contribution in [0.25, 0.3) is 0 Å². The Morgan fingerprint density at radius 2 is 2.10 bits per heavy atom. The number of aliphatic hydroxyl groups is 1. The van der Waals surface area contributed by atoms with E-state index in [0.29, 0.717) is 5.69 Å². The lowest BCUT2D eigenvalue weighted by Crippen LogP contribution is -2.44. The van der Waals surface area contributed by atoms with Crippen LogP contribution in [0.1, 0.15) is 6.92 Å². The largest absolute Gasteiger partial charge is 0.442 e. The number of ether oxygens (including phenoxy) is 2. The molecular weight excluding hydrogens is 399 g/mol. The highest BCUT2D eigenvalue weighted by molar-refractivity contribution is 5.90. The van der Waals surface area contributed by atoms with E-state index in [-0.39, 0.29) is 50.3 Å². The summed E-state index contributed by atoms with van der Waals surface area (Å²) in [5.74, 6) is -1.16. The summed E-state index contributed by atoms with van der Waals surface area (Å²) >= 11 is 0. The molecule has 0 spiro atoms. The van der Waals surface area contributed by atoms with E-state index in [0.717, 1.165) is 0 Å². The van der Waals surface area contributed by atoms with E-state index in [9.17, 15) is 23.9 Å². The number of nitrogens with zero attached hydrogens (tertiary/aromatic N) is 2. The zero-order valence-electron chi connectivity index (χ0n) is 16.8. The van der Waals surface area contributed by atoms with Crippen molar-refractivity contribution in [1.82, 2.24) is 10.6 Å². The van der Waals surface area contributed by atoms with E-state index in [1.54, 1.807) is 11.0 Å². The van der Waals surface area contributed by atoms with Crippen LogP contribution in [0.15, 0.2) is 18.2 Å². The molecular formula is C19H25FN4O6. The lowest BCUT2D eigenvalue weighted by atomic mass is 10.2. The zero-order chi connectivity index (χ0) is 21.8. The van der Waals surface area contributed by atoms with E-state index in [1.807, 2.05) is 0 Å². The fraction of sp³-hybridized carbons (Fsp3) is 0.526. The van der Waals surface area contributed by atoms with Gasteiger partial charge < -0.3 is 30.1 Å². The number of hydrogen-bond acceptors (Lipinski definition) is 7. The van der Waals surface area contributed by atoms with Crippen LogP contribution >= 0.6 is 0 Å². The second-order valence-corrected chi connectivity index (χ2v) is 7.27. The fourth-order valence-corrected chi connectivity index (χ4v) is 3.52. The van der Waals surface area contributed by atoms with Gasteiger partial charge >= 0.3 is 6.09 Å². The number of carbonyl (C=O) groups excluding carboxylic acids is 3. The second-order valence-electron chi connectivity index (χ2n) is 7.27. The lowest BCUT2D eigenvalue weighted by Gasteiger charge is -2.21. The van der Waals surface area contributed by atoms with Crippen molar-refractivity contribution in [2.75, 3.05) is 49.7 Å². The van der Waals surface area contributed by atoms with Gasteiger partial charge in [0.25, 0.3) is 0 Å². The van der Waals surface area contributed by atoms with Crippen molar-refractivity contribution in [2.24, 2.45) is 0 Å². The predicted octanol–water partition coefficient (Wildman–Crippen LogP) is -0.401. The van der Waals surface area contributed by atoms with Crippen LogP contribution in [0.2, 0.25) is 0 Å². The highest BCUT2D eigenvalue weighted by Gasteiger charge is 2.35. The van der Waals surface area contributed by atoms with Crippen LogP contribution in [0, 0.1) is 5.82 Å². The molecule has 0 saturated carbocycles. The van der Waals surface area contributed by atoms with Gasteiger partial charge in [-0.3, -0.25) is 14.5 Å². The average Bonchev–Trinajstić information content (AvgIpc) is 3.22. The Hall–Kier alpha value is -2.92. The Bertz CT molecular complexity index is 822. The van der Waals surface area contributed by atoms with Crippen LogP contribution in [-0.2, 0) is 19.1 Å².